The summed E-state index contributed by atoms with van der Waals surface area (Å²) in [5, 5.41) is 0. The summed E-state index contributed by atoms with van der Waals surface area (Å²) in [6.45, 7) is 5.07. The first-order valence-electron chi connectivity index (χ1n) is 11.7. The number of ether oxygens (including phenoxy) is 3. The second-order valence-corrected chi connectivity index (χ2v) is 8.63. The van der Waals surface area contributed by atoms with E-state index < -0.39 is 0 Å². The smallest absolute Gasteiger partial charge is 0.165 e. The van der Waals surface area contributed by atoms with Crippen LogP contribution < -0.4 is 14.2 Å². The summed E-state index contributed by atoms with van der Waals surface area (Å²) < 4.78 is 17.2. The number of rotatable bonds is 7. The van der Waals surface area contributed by atoms with Gasteiger partial charge in [-0.3, -0.25) is 4.90 Å². The van der Waals surface area contributed by atoms with E-state index in [9.17, 15) is 0 Å². The molecule has 0 amide bonds. The Morgan fingerprint density at radius 1 is 0.781 bits per heavy atom. The lowest BCUT2D eigenvalue weighted by molar-refractivity contribution is 0.147. The van der Waals surface area contributed by atoms with Crippen LogP contribution in [-0.2, 0) is 0 Å². The number of hydrogen-bond acceptors (Lipinski definition) is 4. The molecular weight excluding hydrogens is 398 g/mol. The molecule has 3 aromatic rings. The van der Waals surface area contributed by atoms with Gasteiger partial charge in [0.1, 0.15) is 25.6 Å². The molecule has 5 rings (SSSR count). The highest BCUT2D eigenvalue weighted by Crippen LogP contribution is 2.38. The van der Waals surface area contributed by atoms with Gasteiger partial charge < -0.3 is 14.2 Å². The summed E-state index contributed by atoms with van der Waals surface area (Å²) in [6, 6.07) is 27.8. The van der Waals surface area contributed by atoms with E-state index in [0.29, 0.717) is 31.7 Å². The Morgan fingerprint density at radius 3 is 2.06 bits per heavy atom. The van der Waals surface area contributed by atoms with E-state index in [4.69, 9.17) is 14.2 Å². The molecule has 0 radical (unpaired) electrons. The molecule has 3 aromatic carbocycles. The van der Waals surface area contributed by atoms with E-state index in [1.807, 2.05) is 18.2 Å². The first kappa shape index (κ1) is 20.9. The molecule has 4 heteroatoms. The average molecular weight is 430 g/mol. The fourth-order valence-electron chi connectivity index (χ4n) is 4.97. The van der Waals surface area contributed by atoms with Crippen molar-refractivity contribution in [1.82, 2.24) is 4.90 Å². The van der Waals surface area contributed by atoms with Gasteiger partial charge >= 0.3 is 0 Å². The van der Waals surface area contributed by atoms with Gasteiger partial charge in [0.15, 0.2) is 11.5 Å². The van der Waals surface area contributed by atoms with Crippen molar-refractivity contribution in [3.05, 3.63) is 90.0 Å². The quantitative estimate of drug-likeness (QED) is 0.505. The molecule has 1 fully saturated rings. The Kier molecular flexibility index (Phi) is 6.59. The Balaban J connectivity index is 1.16. The van der Waals surface area contributed by atoms with E-state index in [-0.39, 0.29) is 0 Å². The summed E-state index contributed by atoms with van der Waals surface area (Å²) in [5.41, 5.74) is 2.86. The lowest BCUT2D eigenvalue weighted by atomic mass is 9.76. The van der Waals surface area contributed by atoms with Crippen LogP contribution >= 0.6 is 0 Å². The summed E-state index contributed by atoms with van der Waals surface area (Å²) in [7, 11) is 0. The molecule has 2 aliphatic heterocycles. The molecule has 0 bridgehead atoms. The molecule has 1 saturated heterocycles. The summed E-state index contributed by atoms with van der Waals surface area (Å²) >= 11 is 0. The van der Waals surface area contributed by atoms with Crippen LogP contribution in [0.1, 0.15) is 29.9 Å². The molecule has 0 unspecified atom stereocenters. The van der Waals surface area contributed by atoms with Gasteiger partial charge in [0.05, 0.1) is 0 Å². The van der Waals surface area contributed by atoms with Crippen LogP contribution in [0.15, 0.2) is 78.9 Å². The number of nitrogens with zero attached hydrogens (tertiary/aromatic N) is 1. The fraction of sp³-hybridized carbons (Fsp3) is 0.357. The Bertz CT molecular complexity index is 945. The zero-order valence-electron chi connectivity index (χ0n) is 18.5. The largest absolute Gasteiger partial charge is 0.492 e. The summed E-state index contributed by atoms with van der Waals surface area (Å²) in [4.78, 5) is 2.53. The van der Waals surface area contributed by atoms with Crippen LogP contribution in [0.3, 0.4) is 0 Å². The number of benzene rings is 3. The lowest BCUT2D eigenvalue weighted by Gasteiger charge is -2.36. The monoisotopic (exact) mass is 429 g/mol. The van der Waals surface area contributed by atoms with E-state index in [1.54, 1.807) is 0 Å². The molecule has 0 N–H and O–H groups in total. The molecule has 32 heavy (non-hydrogen) atoms. The number of hydrogen-bond donors (Lipinski definition) is 0. The van der Waals surface area contributed by atoms with Crippen molar-refractivity contribution >= 4 is 0 Å². The van der Waals surface area contributed by atoms with Gasteiger partial charge in [0.25, 0.3) is 0 Å². The summed E-state index contributed by atoms with van der Waals surface area (Å²) in [6.07, 6.45) is 2.41. The fourth-order valence-corrected chi connectivity index (χ4v) is 4.97. The first-order chi connectivity index (χ1) is 15.9. The molecule has 166 valence electrons. The van der Waals surface area contributed by atoms with Crippen molar-refractivity contribution in [2.24, 2.45) is 5.92 Å². The molecule has 4 nitrogen and oxygen atoms in total. The zero-order chi connectivity index (χ0) is 21.6. The van der Waals surface area contributed by atoms with Gasteiger partial charge in [-0.25, -0.2) is 0 Å². The van der Waals surface area contributed by atoms with Gasteiger partial charge in [-0.2, -0.15) is 0 Å². The number of likely N-dealkylation sites (tertiary alicyclic amines) is 1. The number of piperidine rings is 1. The van der Waals surface area contributed by atoms with E-state index >= 15 is 0 Å². The molecule has 0 spiro atoms. The predicted octanol–water partition coefficient (Wildman–Crippen LogP) is 5.38. The topological polar surface area (TPSA) is 30.9 Å². The second-order valence-electron chi connectivity index (χ2n) is 8.63. The van der Waals surface area contributed by atoms with Gasteiger partial charge in [-0.15, -0.1) is 0 Å². The Morgan fingerprint density at radius 2 is 1.41 bits per heavy atom. The second kappa shape index (κ2) is 10.1. The van der Waals surface area contributed by atoms with Crippen LogP contribution in [0.25, 0.3) is 0 Å². The third kappa shape index (κ3) is 4.91. The molecule has 2 heterocycles. The molecule has 0 aliphatic carbocycles. The van der Waals surface area contributed by atoms with Gasteiger partial charge in [0.2, 0.25) is 0 Å². The zero-order valence-corrected chi connectivity index (χ0v) is 18.5. The number of fused-ring (bicyclic) bond motifs is 1. The standard InChI is InChI=1S/C28H31NO3/c1-3-7-22(8-4-1)28(23-9-5-2-6-10-23)24-13-15-29(16-14-24)17-18-30-25-11-12-26-27(21-25)32-20-19-31-26/h1-12,21,24,28H,13-20H2. The van der Waals surface area contributed by atoms with Crippen molar-refractivity contribution < 1.29 is 14.2 Å². The van der Waals surface area contributed by atoms with Crippen LogP contribution in [0.2, 0.25) is 0 Å². The minimum atomic E-state index is 0.466. The lowest BCUT2D eigenvalue weighted by Crippen LogP contribution is -2.38. The maximum absolute atomic E-state index is 6.01. The van der Waals surface area contributed by atoms with Crippen molar-refractivity contribution in [2.75, 3.05) is 39.5 Å². The molecule has 0 saturated carbocycles. The molecular formula is C28H31NO3. The Hall–Kier alpha value is -2.98. The highest BCUT2D eigenvalue weighted by atomic mass is 16.6. The van der Waals surface area contributed by atoms with Gasteiger partial charge in [-0.05, 0) is 55.1 Å². The molecule has 0 atom stereocenters. The van der Waals surface area contributed by atoms with E-state index in [0.717, 1.165) is 36.9 Å². The highest BCUT2D eigenvalue weighted by Gasteiger charge is 2.28. The van der Waals surface area contributed by atoms with Crippen molar-refractivity contribution in [3.8, 4) is 17.2 Å². The molecule has 0 aromatic heterocycles. The van der Waals surface area contributed by atoms with Crippen molar-refractivity contribution in [3.63, 3.8) is 0 Å². The average Bonchev–Trinajstić information content (AvgIpc) is 2.86. The van der Waals surface area contributed by atoms with Crippen LogP contribution in [0.4, 0.5) is 0 Å². The highest BCUT2D eigenvalue weighted by molar-refractivity contribution is 5.46. The van der Waals surface area contributed by atoms with Crippen molar-refractivity contribution in [1.29, 1.82) is 0 Å². The van der Waals surface area contributed by atoms with Gasteiger partial charge in [0, 0.05) is 18.5 Å². The SMILES string of the molecule is c1ccc(C(c2ccccc2)C2CCN(CCOc3ccc4c(c3)OCCO4)CC2)cc1. The Labute approximate surface area is 190 Å². The maximum atomic E-state index is 6.01. The summed E-state index contributed by atoms with van der Waals surface area (Å²) in [5.74, 6) is 3.56. The third-order valence-electron chi connectivity index (χ3n) is 6.61. The minimum absolute atomic E-state index is 0.466. The van der Waals surface area contributed by atoms with Crippen LogP contribution in [0.5, 0.6) is 17.2 Å². The molecule has 2 aliphatic rings. The first-order valence-corrected chi connectivity index (χ1v) is 11.7. The van der Waals surface area contributed by atoms with Crippen LogP contribution in [-0.4, -0.2) is 44.4 Å². The normalized spacial score (nSPS) is 16.8. The maximum Gasteiger partial charge on any atom is 0.165 e. The van der Waals surface area contributed by atoms with E-state index in [2.05, 4.69) is 65.6 Å². The van der Waals surface area contributed by atoms with Gasteiger partial charge in [-0.1, -0.05) is 60.7 Å². The third-order valence-corrected chi connectivity index (χ3v) is 6.61. The predicted molar refractivity (Wildman–Crippen MR) is 127 cm³/mol. The van der Waals surface area contributed by atoms with E-state index in [1.165, 1.54) is 24.0 Å². The van der Waals surface area contributed by atoms with Crippen LogP contribution in [0, 0.1) is 5.92 Å². The minimum Gasteiger partial charge on any atom is -0.492 e. The van der Waals surface area contributed by atoms with Crippen molar-refractivity contribution in [2.45, 2.75) is 18.8 Å².